The van der Waals surface area contributed by atoms with Gasteiger partial charge in [0.1, 0.15) is 0 Å². The first kappa shape index (κ1) is 10.5. The van der Waals surface area contributed by atoms with Crippen LogP contribution in [0.5, 0.6) is 0 Å². The molecule has 0 radical (unpaired) electrons. The molecule has 4 nitrogen and oxygen atoms in total. The van der Waals surface area contributed by atoms with E-state index in [1.54, 1.807) is 7.05 Å². The summed E-state index contributed by atoms with van der Waals surface area (Å²) in [6.07, 6.45) is 0. The van der Waals surface area contributed by atoms with Gasteiger partial charge in [-0.05, 0) is 24.4 Å². The predicted octanol–water partition coefficient (Wildman–Crippen LogP) is 0.918. The van der Waals surface area contributed by atoms with Crippen molar-refractivity contribution in [1.82, 2.24) is 5.32 Å². The molecule has 0 aliphatic rings. The van der Waals surface area contributed by atoms with Gasteiger partial charge in [-0.25, -0.2) is 0 Å². The zero-order valence-electron chi connectivity index (χ0n) is 7.82. The third-order valence-corrected chi connectivity index (χ3v) is 1.72. The largest absolute Gasteiger partial charge is 0.370 e. The number of hydrogen-bond acceptors (Lipinski definition) is 2. The van der Waals surface area contributed by atoms with Crippen LogP contribution in [0, 0.1) is 0 Å². The molecular formula is C9H12N4S. The number of guanidine groups is 1. The summed E-state index contributed by atoms with van der Waals surface area (Å²) < 4.78 is 0. The maximum absolute atomic E-state index is 5.44. The summed E-state index contributed by atoms with van der Waals surface area (Å²) in [7, 11) is 1.59. The van der Waals surface area contributed by atoms with Crippen LogP contribution < -0.4 is 16.4 Å². The molecule has 1 aromatic carbocycles. The number of nitrogens with one attached hydrogen (secondary N) is 2. The number of hydrogen-bond donors (Lipinski definition) is 3. The van der Waals surface area contributed by atoms with Crippen LogP contribution in [-0.4, -0.2) is 18.1 Å². The minimum Gasteiger partial charge on any atom is -0.370 e. The van der Waals surface area contributed by atoms with Gasteiger partial charge in [-0.1, -0.05) is 18.2 Å². The van der Waals surface area contributed by atoms with Crippen LogP contribution >= 0.6 is 12.2 Å². The normalized spacial score (nSPS) is 10.8. The van der Waals surface area contributed by atoms with E-state index in [0.717, 1.165) is 5.69 Å². The average molecular weight is 208 g/mol. The Kier molecular flexibility index (Phi) is 3.87. The molecule has 1 aromatic rings. The van der Waals surface area contributed by atoms with Crippen LogP contribution in [0.3, 0.4) is 0 Å². The third kappa shape index (κ3) is 3.40. The number of benzene rings is 1. The number of nitrogens with two attached hydrogens (primary N) is 1. The maximum atomic E-state index is 5.44. The first-order chi connectivity index (χ1) is 6.72. The Labute approximate surface area is 88.2 Å². The Morgan fingerprint density at radius 1 is 1.36 bits per heavy atom. The molecule has 5 heteroatoms. The van der Waals surface area contributed by atoms with Gasteiger partial charge >= 0.3 is 0 Å². The highest BCUT2D eigenvalue weighted by Gasteiger charge is 1.96. The predicted molar refractivity (Wildman–Crippen MR) is 63.3 cm³/mol. The molecular weight excluding hydrogens is 196 g/mol. The van der Waals surface area contributed by atoms with Gasteiger partial charge in [-0.3, -0.25) is 4.99 Å². The van der Waals surface area contributed by atoms with Crippen molar-refractivity contribution < 1.29 is 0 Å². The summed E-state index contributed by atoms with van der Waals surface area (Å²) in [6, 6.07) is 9.59. The van der Waals surface area contributed by atoms with Crippen molar-refractivity contribution in [3.8, 4) is 0 Å². The van der Waals surface area contributed by atoms with E-state index in [4.69, 9.17) is 18.0 Å². The van der Waals surface area contributed by atoms with Crippen LogP contribution in [0.15, 0.2) is 35.3 Å². The van der Waals surface area contributed by atoms with Crippen molar-refractivity contribution in [2.45, 2.75) is 0 Å². The molecule has 0 aliphatic carbocycles. The molecule has 4 N–H and O–H groups in total. The Morgan fingerprint density at radius 2 is 2.00 bits per heavy atom. The molecule has 0 aliphatic heterocycles. The Hall–Kier alpha value is -1.62. The van der Waals surface area contributed by atoms with Gasteiger partial charge < -0.3 is 16.4 Å². The van der Waals surface area contributed by atoms with Gasteiger partial charge in [0.15, 0.2) is 11.1 Å². The van der Waals surface area contributed by atoms with E-state index in [1.807, 2.05) is 30.3 Å². The average Bonchev–Trinajstić information content (AvgIpc) is 2.19. The van der Waals surface area contributed by atoms with Gasteiger partial charge in [-0.15, -0.1) is 0 Å². The summed E-state index contributed by atoms with van der Waals surface area (Å²) in [5.41, 5.74) is 6.35. The van der Waals surface area contributed by atoms with E-state index < -0.39 is 0 Å². The van der Waals surface area contributed by atoms with Gasteiger partial charge in [0, 0.05) is 12.7 Å². The summed E-state index contributed by atoms with van der Waals surface area (Å²) >= 11 is 5.00. The van der Waals surface area contributed by atoms with E-state index in [0.29, 0.717) is 11.1 Å². The molecule has 0 amide bonds. The molecule has 0 saturated carbocycles. The van der Waals surface area contributed by atoms with E-state index in [9.17, 15) is 0 Å². The van der Waals surface area contributed by atoms with Gasteiger partial charge in [0.25, 0.3) is 0 Å². The molecule has 0 atom stereocenters. The van der Waals surface area contributed by atoms with E-state index in [-0.39, 0.29) is 0 Å². The van der Waals surface area contributed by atoms with Crippen molar-refractivity contribution >= 4 is 29.0 Å². The van der Waals surface area contributed by atoms with E-state index in [1.165, 1.54) is 0 Å². The second kappa shape index (κ2) is 5.18. The summed E-state index contributed by atoms with van der Waals surface area (Å²) in [5, 5.41) is 6.12. The third-order valence-electron chi connectivity index (χ3n) is 1.51. The first-order valence-electron chi connectivity index (χ1n) is 4.07. The van der Waals surface area contributed by atoms with Crippen LogP contribution in [0.2, 0.25) is 0 Å². The fourth-order valence-corrected chi connectivity index (χ4v) is 1.08. The summed E-state index contributed by atoms with van der Waals surface area (Å²) in [4.78, 5) is 3.73. The van der Waals surface area contributed by atoms with E-state index >= 15 is 0 Å². The highest BCUT2D eigenvalue weighted by Crippen LogP contribution is 2.03. The quantitative estimate of drug-likeness (QED) is 0.365. The molecule has 0 spiro atoms. The highest BCUT2D eigenvalue weighted by atomic mass is 32.1. The molecule has 14 heavy (non-hydrogen) atoms. The Balaban J connectivity index is 2.50. The Morgan fingerprint density at radius 3 is 2.57 bits per heavy atom. The lowest BCUT2D eigenvalue weighted by Crippen LogP contribution is -2.39. The molecule has 0 saturated heterocycles. The number of para-hydroxylation sites is 1. The van der Waals surface area contributed by atoms with Crippen molar-refractivity contribution in [1.29, 1.82) is 0 Å². The van der Waals surface area contributed by atoms with Crippen molar-refractivity contribution in [3.05, 3.63) is 30.3 Å². The van der Waals surface area contributed by atoms with Crippen LogP contribution in [0.25, 0.3) is 0 Å². The summed E-state index contributed by atoms with van der Waals surface area (Å²) in [5.74, 6) is 0.290. The number of rotatable bonds is 1. The van der Waals surface area contributed by atoms with Crippen LogP contribution in [-0.2, 0) is 0 Å². The lowest BCUT2D eigenvalue weighted by molar-refractivity contribution is 1.26. The highest BCUT2D eigenvalue weighted by molar-refractivity contribution is 7.80. The zero-order valence-corrected chi connectivity index (χ0v) is 8.64. The minimum atomic E-state index is 0.290. The van der Waals surface area contributed by atoms with Crippen LogP contribution in [0.1, 0.15) is 0 Å². The fraction of sp³-hybridized carbons (Fsp3) is 0.111. The first-order valence-corrected chi connectivity index (χ1v) is 4.48. The monoisotopic (exact) mass is 208 g/mol. The Bertz CT molecular complexity index is 334. The zero-order chi connectivity index (χ0) is 10.4. The molecule has 74 valence electrons. The topological polar surface area (TPSA) is 62.4 Å². The maximum Gasteiger partial charge on any atom is 0.194 e. The number of aliphatic imine (C=N–C) groups is 1. The van der Waals surface area contributed by atoms with Crippen molar-refractivity contribution in [3.63, 3.8) is 0 Å². The molecule has 0 heterocycles. The van der Waals surface area contributed by atoms with Gasteiger partial charge in [-0.2, -0.15) is 0 Å². The fourth-order valence-electron chi connectivity index (χ4n) is 0.856. The lowest BCUT2D eigenvalue weighted by atomic mass is 10.3. The SMILES string of the molecule is CN=C(N)NC(=S)Nc1ccccc1. The van der Waals surface area contributed by atoms with E-state index in [2.05, 4.69) is 15.6 Å². The number of anilines is 1. The van der Waals surface area contributed by atoms with Crippen LogP contribution in [0.4, 0.5) is 5.69 Å². The molecule has 1 rings (SSSR count). The second-order valence-electron chi connectivity index (χ2n) is 2.55. The van der Waals surface area contributed by atoms with Gasteiger partial charge in [0.2, 0.25) is 0 Å². The smallest absolute Gasteiger partial charge is 0.194 e. The van der Waals surface area contributed by atoms with Gasteiger partial charge in [0.05, 0.1) is 0 Å². The molecule has 0 bridgehead atoms. The van der Waals surface area contributed by atoms with Crippen molar-refractivity contribution in [2.75, 3.05) is 12.4 Å². The molecule has 0 aromatic heterocycles. The summed E-state index contributed by atoms with van der Waals surface area (Å²) in [6.45, 7) is 0. The molecule has 0 fully saturated rings. The lowest BCUT2D eigenvalue weighted by Gasteiger charge is -2.08. The second-order valence-corrected chi connectivity index (χ2v) is 2.96. The number of thiocarbonyl (C=S) groups is 1. The molecule has 0 unspecified atom stereocenters. The standard InChI is InChI=1S/C9H12N4S/c1-11-8(10)13-9(14)12-7-5-3-2-4-6-7/h2-6H,1H3,(H4,10,11,12,13,14). The number of nitrogens with zero attached hydrogens (tertiary/aromatic N) is 1. The minimum absolute atomic E-state index is 0.290. The van der Waals surface area contributed by atoms with Crippen molar-refractivity contribution in [2.24, 2.45) is 10.7 Å².